The third kappa shape index (κ3) is 3.81. The van der Waals surface area contributed by atoms with Gasteiger partial charge in [0.15, 0.2) is 0 Å². The average molecular weight is 396 g/mol. The topological polar surface area (TPSA) is 33.2 Å². The molecule has 0 saturated heterocycles. The zero-order chi connectivity index (χ0) is 18.9. The Morgan fingerprint density at radius 1 is 1.19 bits per heavy atom. The van der Waals surface area contributed by atoms with Gasteiger partial charge >= 0.3 is 6.18 Å². The molecule has 0 aliphatic rings. The molecule has 2 heterocycles. The van der Waals surface area contributed by atoms with Gasteiger partial charge in [0.2, 0.25) is 0 Å². The Morgan fingerprint density at radius 2 is 1.96 bits per heavy atom. The molecule has 2 aromatic heterocycles. The molecule has 0 bridgehead atoms. The fourth-order valence-electron chi connectivity index (χ4n) is 2.41. The molecular weight excluding hydrogens is 381 g/mol. The first-order valence-corrected chi connectivity index (χ1v) is 9.47. The number of carbonyl (C=O) groups is 1. The lowest BCUT2D eigenvalue weighted by atomic mass is 10.1. The molecule has 8 heteroatoms. The molecule has 1 atom stereocenters. The Kier molecular flexibility index (Phi) is 5.15. The van der Waals surface area contributed by atoms with Crippen LogP contribution in [0.2, 0.25) is 0 Å². The van der Waals surface area contributed by atoms with E-state index < -0.39 is 11.7 Å². The van der Waals surface area contributed by atoms with Crippen molar-refractivity contribution in [2.75, 3.05) is 7.05 Å². The van der Waals surface area contributed by atoms with Crippen molar-refractivity contribution < 1.29 is 18.0 Å². The summed E-state index contributed by atoms with van der Waals surface area (Å²) in [5.41, 5.74) is -0.160. The summed E-state index contributed by atoms with van der Waals surface area (Å²) >= 11 is 2.71. The summed E-state index contributed by atoms with van der Waals surface area (Å²) in [5, 5.41) is 3.91. The van der Waals surface area contributed by atoms with Crippen molar-refractivity contribution in [1.29, 1.82) is 0 Å². The van der Waals surface area contributed by atoms with Crippen LogP contribution in [0.1, 0.15) is 33.9 Å². The van der Waals surface area contributed by atoms with Crippen molar-refractivity contribution >= 4 is 28.6 Å². The van der Waals surface area contributed by atoms with Gasteiger partial charge in [-0.15, -0.1) is 22.7 Å². The Bertz CT molecular complexity index is 903. The third-order valence-electron chi connectivity index (χ3n) is 4.02. The van der Waals surface area contributed by atoms with Gasteiger partial charge < -0.3 is 4.90 Å². The zero-order valence-electron chi connectivity index (χ0n) is 13.9. The van der Waals surface area contributed by atoms with Gasteiger partial charge in [-0.05, 0) is 30.5 Å². The first-order chi connectivity index (χ1) is 12.3. The lowest BCUT2D eigenvalue weighted by molar-refractivity contribution is -0.137. The van der Waals surface area contributed by atoms with Gasteiger partial charge in [0.05, 0.1) is 11.6 Å². The lowest BCUT2D eigenvalue weighted by Crippen LogP contribution is -2.29. The van der Waals surface area contributed by atoms with Crippen molar-refractivity contribution in [3.63, 3.8) is 0 Å². The fourth-order valence-corrected chi connectivity index (χ4v) is 4.03. The Balaban J connectivity index is 1.82. The Hall–Kier alpha value is -2.19. The number of thiazole rings is 1. The number of amides is 1. The van der Waals surface area contributed by atoms with Gasteiger partial charge in [-0.1, -0.05) is 18.2 Å². The SMILES string of the molecule is CC(c1cccs1)N(C)C(=O)c1csc(-c2cccc(C(F)(F)F)c2)n1. The number of alkyl halides is 3. The molecule has 0 spiro atoms. The van der Waals surface area contributed by atoms with E-state index in [1.807, 2.05) is 24.4 Å². The van der Waals surface area contributed by atoms with Crippen LogP contribution < -0.4 is 0 Å². The maximum atomic E-state index is 12.9. The summed E-state index contributed by atoms with van der Waals surface area (Å²) in [7, 11) is 1.69. The summed E-state index contributed by atoms with van der Waals surface area (Å²) in [6, 6.07) is 8.72. The monoisotopic (exact) mass is 396 g/mol. The van der Waals surface area contributed by atoms with Gasteiger partial charge in [0.25, 0.3) is 5.91 Å². The number of aromatic nitrogens is 1. The maximum absolute atomic E-state index is 12.9. The molecule has 1 amide bonds. The highest BCUT2D eigenvalue weighted by atomic mass is 32.1. The highest BCUT2D eigenvalue weighted by Gasteiger charge is 2.30. The number of hydrogen-bond acceptors (Lipinski definition) is 4. The number of benzene rings is 1. The Labute approximate surface area is 156 Å². The van der Waals surface area contributed by atoms with E-state index >= 15 is 0 Å². The molecule has 0 N–H and O–H groups in total. The molecule has 0 aliphatic carbocycles. The molecule has 3 aromatic rings. The minimum Gasteiger partial charge on any atom is -0.333 e. The van der Waals surface area contributed by atoms with Gasteiger partial charge in [-0.2, -0.15) is 13.2 Å². The maximum Gasteiger partial charge on any atom is 0.416 e. The molecule has 0 radical (unpaired) electrons. The van der Waals surface area contributed by atoms with E-state index in [-0.39, 0.29) is 17.6 Å². The minimum atomic E-state index is -4.41. The predicted molar refractivity (Wildman–Crippen MR) is 97.4 cm³/mol. The van der Waals surface area contributed by atoms with E-state index in [0.29, 0.717) is 10.6 Å². The number of thiophene rings is 1. The quantitative estimate of drug-likeness (QED) is 0.565. The van der Waals surface area contributed by atoms with E-state index in [2.05, 4.69) is 4.98 Å². The largest absolute Gasteiger partial charge is 0.416 e. The normalized spacial score (nSPS) is 12.8. The average Bonchev–Trinajstić information content (AvgIpc) is 3.31. The van der Waals surface area contributed by atoms with Crippen LogP contribution in [0.4, 0.5) is 13.2 Å². The standard InChI is InChI=1S/C18H15F3N2OS2/c1-11(15-7-4-8-25-15)23(2)17(24)14-10-26-16(22-14)12-5-3-6-13(9-12)18(19,20)21/h3-11H,1-2H3. The van der Waals surface area contributed by atoms with Gasteiger partial charge in [-0.3, -0.25) is 4.79 Å². The van der Waals surface area contributed by atoms with E-state index in [4.69, 9.17) is 0 Å². The highest BCUT2D eigenvalue weighted by Crippen LogP contribution is 2.33. The molecule has 3 nitrogen and oxygen atoms in total. The van der Waals surface area contributed by atoms with Crippen LogP contribution in [0, 0.1) is 0 Å². The van der Waals surface area contributed by atoms with Crippen LogP contribution in [-0.2, 0) is 6.18 Å². The minimum absolute atomic E-state index is 0.110. The first-order valence-electron chi connectivity index (χ1n) is 7.71. The van der Waals surface area contributed by atoms with Crippen molar-refractivity contribution in [2.24, 2.45) is 0 Å². The number of hydrogen-bond donors (Lipinski definition) is 0. The number of nitrogens with zero attached hydrogens (tertiary/aromatic N) is 2. The van der Waals surface area contributed by atoms with Gasteiger partial charge in [0, 0.05) is 22.9 Å². The van der Waals surface area contributed by atoms with Crippen LogP contribution in [0.15, 0.2) is 47.2 Å². The smallest absolute Gasteiger partial charge is 0.333 e. The number of rotatable bonds is 4. The van der Waals surface area contributed by atoms with Crippen LogP contribution in [0.25, 0.3) is 10.6 Å². The van der Waals surface area contributed by atoms with Crippen LogP contribution >= 0.6 is 22.7 Å². The third-order valence-corrected chi connectivity index (χ3v) is 5.95. The molecule has 1 unspecified atom stereocenters. The van der Waals surface area contributed by atoms with Crippen LogP contribution in [0.5, 0.6) is 0 Å². The van der Waals surface area contributed by atoms with Crippen molar-refractivity contribution in [2.45, 2.75) is 19.1 Å². The second kappa shape index (κ2) is 7.20. The van der Waals surface area contributed by atoms with Crippen molar-refractivity contribution in [3.05, 3.63) is 63.3 Å². The number of halogens is 3. The molecule has 0 fully saturated rings. The molecule has 1 aromatic carbocycles. The summed E-state index contributed by atoms with van der Waals surface area (Å²) in [6.45, 7) is 1.92. The van der Waals surface area contributed by atoms with E-state index in [9.17, 15) is 18.0 Å². The van der Waals surface area contributed by atoms with E-state index in [0.717, 1.165) is 28.3 Å². The van der Waals surface area contributed by atoms with E-state index in [1.54, 1.807) is 34.7 Å². The number of carbonyl (C=O) groups excluding carboxylic acids is 1. The van der Waals surface area contributed by atoms with Crippen LogP contribution in [-0.4, -0.2) is 22.8 Å². The molecule has 26 heavy (non-hydrogen) atoms. The second-order valence-electron chi connectivity index (χ2n) is 5.72. The zero-order valence-corrected chi connectivity index (χ0v) is 15.6. The molecular formula is C18H15F3N2OS2. The van der Waals surface area contributed by atoms with Crippen molar-refractivity contribution in [3.8, 4) is 10.6 Å². The predicted octanol–water partition coefficient (Wildman–Crippen LogP) is 5.72. The Morgan fingerprint density at radius 3 is 2.62 bits per heavy atom. The first kappa shape index (κ1) is 18.6. The summed E-state index contributed by atoms with van der Waals surface area (Å²) < 4.78 is 38.6. The molecule has 0 saturated carbocycles. The van der Waals surface area contributed by atoms with Crippen LogP contribution in [0.3, 0.4) is 0 Å². The fraction of sp³-hybridized carbons (Fsp3) is 0.222. The molecule has 136 valence electrons. The second-order valence-corrected chi connectivity index (χ2v) is 7.56. The summed E-state index contributed by atoms with van der Waals surface area (Å²) in [5.74, 6) is -0.264. The molecule has 3 rings (SSSR count). The lowest BCUT2D eigenvalue weighted by Gasteiger charge is -2.23. The summed E-state index contributed by atoms with van der Waals surface area (Å²) in [4.78, 5) is 19.5. The highest BCUT2D eigenvalue weighted by molar-refractivity contribution is 7.13. The summed E-state index contributed by atoms with van der Waals surface area (Å²) in [6.07, 6.45) is -4.41. The molecule has 0 aliphatic heterocycles. The van der Waals surface area contributed by atoms with Crippen molar-refractivity contribution in [1.82, 2.24) is 9.88 Å². The van der Waals surface area contributed by atoms with Gasteiger partial charge in [-0.25, -0.2) is 4.98 Å². The van der Waals surface area contributed by atoms with E-state index in [1.165, 1.54) is 6.07 Å². The van der Waals surface area contributed by atoms with Gasteiger partial charge in [0.1, 0.15) is 10.7 Å².